The van der Waals surface area contributed by atoms with Gasteiger partial charge in [0.1, 0.15) is 29.6 Å². The molecule has 0 saturated carbocycles. The first kappa shape index (κ1) is 23.5. The van der Waals surface area contributed by atoms with Crippen molar-refractivity contribution in [1.82, 2.24) is 4.98 Å². The number of ether oxygens (including phenoxy) is 3. The number of hydrogen-bond acceptors (Lipinski definition) is 6. The van der Waals surface area contributed by atoms with Crippen LogP contribution < -0.4 is 4.74 Å². The molecule has 1 unspecified atom stereocenters. The highest BCUT2D eigenvalue weighted by molar-refractivity contribution is 5.75. The van der Waals surface area contributed by atoms with Crippen LogP contribution in [0.4, 0.5) is 4.39 Å². The minimum Gasteiger partial charge on any atom is -0.487 e. The Kier molecular flexibility index (Phi) is 8.00. The number of hydrogen-bond donors (Lipinski definition) is 0. The minimum atomic E-state index is -0.642. The van der Waals surface area contributed by atoms with Gasteiger partial charge in [-0.25, -0.2) is 14.2 Å². The van der Waals surface area contributed by atoms with Crippen LogP contribution in [0.5, 0.6) is 5.75 Å². The smallest absolute Gasteiger partial charge is 0.335 e. The standard InChI is InChI=1S/C25H28FNO5/c1-5-17-13-19(12-11-18(17)14-23(30-6-2)25(28)29-4)31-15-22-16(3)32-24(27-22)20-9-7-8-10-21(20)26/h7-13,23H,5-6,14-15H2,1-4H3. The van der Waals surface area contributed by atoms with Crippen molar-refractivity contribution in [2.75, 3.05) is 13.7 Å². The van der Waals surface area contributed by atoms with Gasteiger partial charge in [0.15, 0.2) is 6.10 Å². The normalized spacial score (nSPS) is 11.9. The molecule has 0 bridgehead atoms. The zero-order valence-electron chi connectivity index (χ0n) is 18.8. The molecule has 1 aromatic heterocycles. The van der Waals surface area contributed by atoms with Gasteiger partial charge in [0.25, 0.3) is 0 Å². The second-order valence-electron chi connectivity index (χ2n) is 7.25. The summed E-state index contributed by atoms with van der Waals surface area (Å²) in [4.78, 5) is 16.4. The molecule has 0 aliphatic carbocycles. The van der Waals surface area contributed by atoms with Gasteiger partial charge < -0.3 is 18.6 Å². The number of nitrogens with zero attached hydrogens (tertiary/aromatic N) is 1. The predicted molar refractivity (Wildman–Crippen MR) is 118 cm³/mol. The molecule has 0 fully saturated rings. The number of aromatic nitrogens is 1. The third-order valence-electron chi connectivity index (χ3n) is 5.17. The molecule has 6 nitrogen and oxygen atoms in total. The van der Waals surface area contributed by atoms with E-state index in [-0.39, 0.29) is 24.3 Å². The van der Waals surface area contributed by atoms with E-state index < -0.39 is 6.10 Å². The van der Waals surface area contributed by atoms with E-state index in [1.165, 1.54) is 13.2 Å². The zero-order chi connectivity index (χ0) is 23.1. The molecule has 3 aromatic rings. The number of halogens is 1. The van der Waals surface area contributed by atoms with Crippen molar-refractivity contribution in [1.29, 1.82) is 0 Å². The number of carbonyl (C=O) groups excluding carboxylic acids is 1. The van der Waals surface area contributed by atoms with E-state index in [0.29, 0.717) is 35.8 Å². The van der Waals surface area contributed by atoms with E-state index in [0.717, 1.165) is 17.5 Å². The highest BCUT2D eigenvalue weighted by Gasteiger charge is 2.21. The molecule has 0 aliphatic heterocycles. The fraction of sp³-hybridized carbons (Fsp3) is 0.360. The van der Waals surface area contributed by atoms with Gasteiger partial charge in [0, 0.05) is 13.0 Å². The number of carbonyl (C=O) groups is 1. The Morgan fingerprint density at radius 2 is 1.94 bits per heavy atom. The molecule has 2 aromatic carbocycles. The Bertz CT molecular complexity index is 1060. The largest absolute Gasteiger partial charge is 0.487 e. The zero-order valence-corrected chi connectivity index (χ0v) is 18.8. The lowest BCUT2D eigenvalue weighted by atomic mass is 9.99. The number of esters is 1. The SMILES string of the molecule is CCOC(Cc1ccc(OCc2nc(-c3ccccc3F)oc2C)cc1CC)C(=O)OC. The topological polar surface area (TPSA) is 70.8 Å². The van der Waals surface area contributed by atoms with Crippen molar-refractivity contribution >= 4 is 5.97 Å². The number of benzene rings is 2. The summed E-state index contributed by atoms with van der Waals surface area (Å²) in [6, 6.07) is 12.1. The lowest BCUT2D eigenvalue weighted by Crippen LogP contribution is -2.28. The molecular weight excluding hydrogens is 413 g/mol. The van der Waals surface area contributed by atoms with E-state index in [1.54, 1.807) is 25.1 Å². The van der Waals surface area contributed by atoms with Gasteiger partial charge in [0.2, 0.25) is 5.89 Å². The summed E-state index contributed by atoms with van der Waals surface area (Å²) >= 11 is 0. The lowest BCUT2D eigenvalue weighted by molar-refractivity contribution is -0.153. The van der Waals surface area contributed by atoms with Crippen LogP contribution in [-0.4, -0.2) is 30.8 Å². The monoisotopic (exact) mass is 441 g/mol. The van der Waals surface area contributed by atoms with Crippen molar-refractivity contribution in [3.8, 4) is 17.2 Å². The van der Waals surface area contributed by atoms with Crippen molar-refractivity contribution in [3.63, 3.8) is 0 Å². The van der Waals surface area contributed by atoms with Gasteiger partial charge in [-0.1, -0.05) is 25.1 Å². The van der Waals surface area contributed by atoms with E-state index >= 15 is 0 Å². The maximum absolute atomic E-state index is 14.0. The number of rotatable bonds is 10. The Morgan fingerprint density at radius 3 is 2.62 bits per heavy atom. The average molecular weight is 441 g/mol. The van der Waals surface area contributed by atoms with Crippen LogP contribution in [0.15, 0.2) is 46.9 Å². The van der Waals surface area contributed by atoms with Crippen molar-refractivity contribution < 1.29 is 27.8 Å². The molecule has 0 N–H and O–H groups in total. The van der Waals surface area contributed by atoms with Crippen LogP contribution in [0.2, 0.25) is 0 Å². The first-order valence-corrected chi connectivity index (χ1v) is 10.6. The fourth-order valence-corrected chi connectivity index (χ4v) is 3.43. The van der Waals surface area contributed by atoms with E-state index in [4.69, 9.17) is 18.6 Å². The number of aryl methyl sites for hydroxylation is 2. The third kappa shape index (κ3) is 5.53. The molecule has 0 radical (unpaired) electrons. The molecular formula is C25H28FNO5. The van der Waals surface area contributed by atoms with Gasteiger partial charge in [-0.2, -0.15) is 0 Å². The van der Waals surface area contributed by atoms with Crippen LogP contribution >= 0.6 is 0 Å². The molecule has 7 heteroatoms. The summed E-state index contributed by atoms with van der Waals surface area (Å²) in [7, 11) is 1.36. The van der Waals surface area contributed by atoms with E-state index in [9.17, 15) is 9.18 Å². The Hall–Kier alpha value is -3.19. The summed E-state index contributed by atoms with van der Waals surface area (Å²) in [6.07, 6.45) is 0.558. The van der Waals surface area contributed by atoms with Crippen LogP contribution in [0.1, 0.15) is 36.4 Å². The van der Waals surface area contributed by atoms with Gasteiger partial charge in [-0.05, 0) is 55.7 Å². The van der Waals surface area contributed by atoms with E-state index in [2.05, 4.69) is 4.98 Å². The summed E-state index contributed by atoms with van der Waals surface area (Å²) in [5, 5.41) is 0. The molecule has 0 spiro atoms. The Morgan fingerprint density at radius 1 is 1.16 bits per heavy atom. The number of oxazole rings is 1. The second kappa shape index (κ2) is 10.9. The van der Waals surface area contributed by atoms with Gasteiger partial charge in [-0.15, -0.1) is 0 Å². The number of methoxy groups -OCH3 is 1. The van der Waals surface area contributed by atoms with Crippen molar-refractivity contribution in [3.05, 3.63) is 70.9 Å². The van der Waals surface area contributed by atoms with Gasteiger partial charge >= 0.3 is 5.97 Å². The Balaban J connectivity index is 1.72. The molecule has 3 rings (SSSR count). The molecule has 0 saturated heterocycles. The van der Waals surface area contributed by atoms with Crippen molar-refractivity contribution in [2.45, 2.75) is 46.3 Å². The molecule has 1 atom stereocenters. The molecule has 1 heterocycles. The third-order valence-corrected chi connectivity index (χ3v) is 5.17. The van der Waals surface area contributed by atoms with Crippen molar-refractivity contribution in [2.24, 2.45) is 0 Å². The average Bonchev–Trinajstić information content (AvgIpc) is 3.17. The van der Waals surface area contributed by atoms with Gasteiger partial charge in [0.05, 0.1) is 12.7 Å². The van der Waals surface area contributed by atoms with Crippen LogP contribution in [-0.2, 0) is 33.7 Å². The van der Waals surface area contributed by atoms with Crippen LogP contribution in [0.3, 0.4) is 0 Å². The van der Waals surface area contributed by atoms with Crippen LogP contribution in [0.25, 0.3) is 11.5 Å². The second-order valence-corrected chi connectivity index (χ2v) is 7.25. The molecule has 32 heavy (non-hydrogen) atoms. The first-order valence-electron chi connectivity index (χ1n) is 10.6. The Labute approximate surface area is 187 Å². The molecule has 0 amide bonds. The fourth-order valence-electron chi connectivity index (χ4n) is 3.43. The first-order chi connectivity index (χ1) is 15.5. The molecule has 170 valence electrons. The maximum atomic E-state index is 14.0. The van der Waals surface area contributed by atoms with Gasteiger partial charge in [-0.3, -0.25) is 0 Å². The maximum Gasteiger partial charge on any atom is 0.335 e. The quantitative estimate of drug-likeness (QED) is 0.410. The van der Waals surface area contributed by atoms with E-state index in [1.807, 2.05) is 32.0 Å². The molecule has 0 aliphatic rings. The minimum absolute atomic E-state index is 0.190. The predicted octanol–water partition coefficient (Wildman–Crippen LogP) is 5.05. The summed E-state index contributed by atoms with van der Waals surface area (Å²) < 4.78 is 36.0. The highest BCUT2D eigenvalue weighted by Crippen LogP contribution is 2.26. The summed E-state index contributed by atoms with van der Waals surface area (Å²) in [5.41, 5.74) is 2.98. The van der Waals surface area contributed by atoms with Crippen LogP contribution in [0, 0.1) is 12.7 Å². The summed E-state index contributed by atoms with van der Waals surface area (Å²) in [6.45, 7) is 6.28. The lowest BCUT2D eigenvalue weighted by Gasteiger charge is -2.17. The summed E-state index contributed by atoms with van der Waals surface area (Å²) in [5.74, 6) is 0.705. The highest BCUT2D eigenvalue weighted by atomic mass is 19.1.